The van der Waals surface area contributed by atoms with Gasteiger partial charge in [0.15, 0.2) is 11.7 Å². The molecule has 1 aliphatic heterocycles. The van der Waals surface area contributed by atoms with E-state index in [1.807, 2.05) is 4.90 Å². The molecule has 2 aliphatic rings. The Balaban J connectivity index is 0.00000243. The van der Waals surface area contributed by atoms with Gasteiger partial charge in [-0.3, -0.25) is 9.79 Å². The van der Waals surface area contributed by atoms with E-state index in [0.717, 1.165) is 25.6 Å². The second-order valence-corrected chi connectivity index (χ2v) is 6.51. The lowest BCUT2D eigenvalue weighted by Gasteiger charge is -2.36. The van der Waals surface area contributed by atoms with E-state index < -0.39 is 0 Å². The first kappa shape index (κ1) is 21.0. The number of hydrogen-bond acceptors (Lipinski definition) is 4. The largest absolute Gasteiger partial charge is 0.459 e. The van der Waals surface area contributed by atoms with Crippen LogP contribution in [0, 0.1) is 0 Å². The van der Waals surface area contributed by atoms with Gasteiger partial charge in [-0.25, -0.2) is 0 Å². The number of rotatable bonds is 5. The Hall–Kier alpha value is -1.29. The van der Waals surface area contributed by atoms with Gasteiger partial charge in [-0.15, -0.1) is 24.0 Å². The fourth-order valence-corrected chi connectivity index (χ4v) is 3.45. The van der Waals surface area contributed by atoms with Crippen molar-refractivity contribution >= 4 is 35.8 Å². The van der Waals surface area contributed by atoms with Gasteiger partial charge in [0.25, 0.3) is 5.91 Å². The predicted octanol–water partition coefficient (Wildman–Crippen LogP) is 2.19. The van der Waals surface area contributed by atoms with Crippen molar-refractivity contribution in [3.63, 3.8) is 0 Å². The van der Waals surface area contributed by atoms with E-state index in [9.17, 15) is 4.79 Å². The number of hydrogen-bond donors (Lipinski definition) is 1. The van der Waals surface area contributed by atoms with E-state index in [-0.39, 0.29) is 29.9 Å². The summed E-state index contributed by atoms with van der Waals surface area (Å²) < 4.78 is 11.1. The Kier molecular flexibility index (Phi) is 8.70. The highest BCUT2D eigenvalue weighted by Gasteiger charge is 2.25. The molecule has 0 bridgehead atoms. The summed E-state index contributed by atoms with van der Waals surface area (Å²) in [5, 5.41) is 3.36. The lowest BCUT2D eigenvalue weighted by molar-refractivity contribution is 0.0611. The maximum Gasteiger partial charge on any atom is 0.289 e. The number of nitrogens with zero attached hydrogens (tertiary/aromatic N) is 3. The summed E-state index contributed by atoms with van der Waals surface area (Å²) in [5.74, 6) is 1.23. The molecule has 1 aliphatic carbocycles. The molecule has 1 N–H and O–H groups in total. The average molecular weight is 476 g/mol. The summed E-state index contributed by atoms with van der Waals surface area (Å²) in [5.41, 5.74) is 0. The van der Waals surface area contributed by atoms with Crippen LogP contribution in [0.25, 0.3) is 0 Å². The molecule has 146 valence electrons. The third kappa shape index (κ3) is 5.60. The molecule has 1 aromatic heterocycles. The van der Waals surface area contributed by atoms with Crippen molar-refractivity contribution < 1.29 is 13.9 Å². The summed E-state index contributed by atoms with van der Waals surface area (Å²) in [4.78, 5) is 20.7. The summed E-state index contributed by atoms with van der Waals surface area (Å²) in [6, 6.07) is 3.45. The monoisotopic (exact) mass is 476 g/mol. The number of carbonyl (C=O) groups excluding carboxylic acids is 1. The van der Waals surface area contributed by atoms with Crippen molar-refractivity contribution in [1.82, 2.24) is 15.1 Å². The van der Waals surface area contributed by atoms with Crippen LogP contribution in [0.3, 0.4) is 0 Å². The number of ether oxygens (including phenoxy) is 1. The van der Waals surface area contributed by atoms with Crippen LogP contribution in [-0.2, 0) is 4.74 Å². The summed E-state index contributed by atoms with van der Waals surface area (Å²) in [6.45, 7) is 4.32. The third-order valence-electron chi connectivity index (χ3n) is 4.85. The highest BCUT2D eigenvalue weighted by atomic mass is 127. The van der Waals surface area contributed by atoms with Crippen molar-refractivity contribution in [3.05, 3.63) is 24.2 Å². The van der Waals surface area contributed by atoms with Crippen LogP contribution in [0.2, 0.25) is 0 Å². The molecular weight excluding hydrogens is 447 g/mol. The van der Waals surface area contributed by atoms with E-state index in [0.29, 0.717) is 31.6 Å². The summed E-state index contributed by atoms with van der Waals surface area (Å²) in [7, 11) is 1.79. The number of aliphatic imine (C=N–C) groups is 1. The molecule has 26 heavy (non-hydrogen) atoms. The lowest BCUT2D eigenvalue weighted by atomic mass is 10.3. The molecule has 8 heteroatoms. The molecule has 2 heterocycles. The molecule has 1 amide bonds. The van der Waals surface area contributed by atoms with Gasteiger partial charge in [0.2, 0.25) is 0 Å². The molecule has 1 saturated heterocycles. The maximum absolute atomic E-state index is 12.3. The molecule has 1 saturated carbocycles. The zero-order chi connectivity index (χ0) is 17.5. The standard InChI is InChI=1S/C18H28N4O3.HI/c1-19-18(20-8-14-24-15-5-2-3-6-15)22-11-9-21(10-12-22)17(23)16-7-4-13-25-16;/h4,7,13,15H,2-3,5-6,8-12,14H2,1H3,(H,19,20);1H. The maximum atomic E-state index is 12.3. The summed E-state index contributed by atoms with van der Waals surface area (Å²) in [6.07, 6.45) is 6.95. The zero-order valence-electron chi connectivity index (χ0n) is 15.4. The highest BCUT2D eigenvalue weighted by molar-refractivity contribution is 14.0. The first-order chi connectivity index (χ1) is 12.3. The lowest BCUT2D eigenvalue weighted by Crippen LogP contribution is -2.54. The molecule has 2 fully saturated rings. The minimum atomic E-state index is -0.0439. The molecule has 3 rings (SSSR count). The number of piperazine rings is 1. The minimum absolute atomic E-state index is 0. The SMILES string of the molecule is CN=C(NCCOC1CCCC1)N1CCN(C(=O)c2ccco2)CC1.I. The van der Waals surface area contributed by atoms with Gasteiger partial charge in [0.1, 0.15) is 0 Å². The third-order valence-corrected chi connectivity index (χ3v) is 4.85. The molecule has 0 unspecified atom stereocenters. The van der Waals surface area contributed by atoms with Crippen molar-refractivity contribution in [2.75, 3.05) is 46.4 Å². The van der Waals surface area contributed by atoms with Gasteiger partial charge in [-0.05, 0) is 25.0 Å². The Morgan fingerprint density at radius 1 is 1.27 bits per heavy atom. The predicted molar refractivity (Wildman–Crippen MR) is 111 cm³/mol. The minimum Gasteiger partial charge on any atom is -0.459 e. The molecule has 0 radical (unpaired) electrons. The number of halogens is 1. The van der Waals surface area contributed by atoms with Crippen LogP contribution in [0.4, 0.5) is 0 Å². The average Bonchev–Trinajstić information content (AvgIpc) is 3.35. The highest BCUT2D eigenvalue weighted by Crippen LogP contribution is 2.20. The smallest absolute Gasteiger partial charge is 0.289 e. The van der Waals surface area contributed by atoms with E-state index in [1.165, 1.54) is 31.9 Å². The van der Waals surface area contributed by atoms with E-state index >= 15 is 0 Å². The quantitative estimate of drug-likeness (QED) is 0.306. The van der Waals surface area contributed by atoms with Crippen LogP contribution in [0.5, 0.6) is 0 Å². The van der Waals surface area contributed by atoms with Gasteiger partial charge >= 0.3 is 0 Å². The first-order valence-electron chi connectivity index (χ1n) is 9.18. The Labute approximate surface area is 172 Å². The van der Waals surface area contributed by atoms with Crippen LogP contribution in [0.15, 0.2) is 27.8 Å². The van der Waals surface area contributed by atoms with Crippen LogP contribution in [0.1, 0.15) is 36.2 Å². The second kappa shape index (κ2) is 10.8. The normalized spacial score (nSPS) is 18.7. The van der Waals surface area contributed by atoms with Crippen molar-refractivity contribution in [3.8, 4) is 0 Å². The van der Waals surface area contributed by atoms with Crippen molar-refractivity contribution in [1.29, 1.82) is 0 Å². The zero-order valence-corrected chi connectivity index (χ0v) is 17.7. The van der Waals surface area contributed by atoms with Crippen molar-refractivity contribution in [2.45, 2.75) is 31.8 Å². The molecular formula is C18H29IN4O3. The molecule has 7 nitrogen and oxygen atoms in total. The fraction of sp³-hybridized carbons (Fsp3) is 0.667. The molecule has 0 atom stereocenters. The first-order valence-corrected chi connectivity index (χ1v) is 9.18. The number of amides is 1. The van der Waals surface area contributed by atoms with Crippen LogP contribution < -0.4 is 5.32 Å². The van der Waals surface area contributed by atoms with Crippen molar-refractivity contribution in [2.24, 2.45) is 4.99 Å². The summed E-state index contributed by atoms with van der Waals surface area (Å²) >= 11 is 0. The van der Waals surface area contributed by atoms with Gasteiger partial charge in [0.05, 0.1) is 19.0 Å². The Morgan fingerprint density at radius 2 is 1.96 bits per heavy atom. The fourth-order valence-electron chi connectivity index (χ4n) is 3.45. The Morgan fingerprint density at radius 3 is 2.58 bits per heavy atom. The molecule has 1 aromatic rings. The van der Waals surface area contributed by atoms with Gasteiger partial charge in [-0.2, -0.15) is 0 Å². The van der Waals surface area contributed by atoms with Gasteiger partial charge in [-0.1, -0.05) is 12.8 Å². The second-order valence-electron chi connectivity index (χ2n) is 6.51. The number of guanidine groups is 1. The molecule has 0 aromatic carbocycles. The van der Waals surface area contributed by atoms with E-state index in [2.05, 4.69) is 15.2 Å². The van der Waals surface area contributed by atoms with Gasteiger partial charge < -0.3 is 24.3 Å². The molecule has 0 spiro atoms. The number of carbonyl (C=O) groups is 1. The topological polar surface area (TPSA) is 70.3 Å². The van der Waals surface area contributed by atoms with E-state index in [4.69, 9.17) is 9.15 Å². The number of furan rings is 1. The van der Waals surface area contributed by atoms with Gasteiger partial charge in [0, 0.05) is 39.8 Å². The van der Waals surface area contributed by atoms with Crippen LogP contribution in [-0.4, -0.2) is 74.1 Å². The Bertz CT molecular complexity index is 565. The van der Waals surface area contributed by atoms with Crippen LogP contribution >= 0.6 is 24.0 Å². The van der Waals surface area contributed by atoms with E-state index in [1.54, 1.807) is 19.2 Å². The number of nitrogens with one attached hydrogen (secondary N) is 1.